The van der Waals surface area contributed by atoms with Crippen LogP contribution in [0.4, 0.5) is 4.79 Å². The zero-order valence-electron chi connectivity index (χ0n) is 15.5. The van der Waals surface area contributed by atoms with E-state index < -0.39 is 39.8 Å². The summed E-state index contributed by atoms with van der Waals surface area (Å²) < 4.78 is 28.0. The molecular formula is C18H23N3O6S. The Balaban J connectivity index is 1.50. The van der Waals surface area contributed by atoms with E-state index in [2.05, 4.69) is 10.6 Å². The first-order valence-corrected chi connectivity index (χ1v) is 10.8. The van der Waals surface area contributed by atoms with Crippen LogP contribution in [0.1, 0.15) is 18.4 Å². The van der Waals surface area contributed by atoms with Crippen molar-refractivity contribution in [3.63, 3.8) is 0 Å². The third-order valence-electron chi connectivity index (χ3n) is 4.88. The lowest BCUT2D eigenvalue weighted by atomic mass is 10.1. The van der Waals surface area contributed by atoms with Gasteiger partial charge in [-0.15, -0.1) is 0 Å². The Morgan fingerprint density at radius 2 is 2.00 bits per heavy atom. The summed E-state index contributed by atoms with van der Waals surface area (Å²) in [5, 5.41) is 5.15. The third kappa shape index (κ3) is 4.80. The normalized spacial score (nSPS) is 23.5. The molecule has 1 aromatic carbocycles. The quantitative estimate of drug-likeness (QED) is 0.604. The first-order valence-electron chi connectivity index (χ1n) is 9.02. The molecule has 28 heavy (non-hydrogen) atoms. The number of methoxy groups -OCH3 is 1. The van der Waals surface area contributed by atoms with Gasteiger partial charge < -0.3 is 15.4 Å². The van der Waals surface area contributed by atoms with Crippen molar-refractivity contribution in [2.75, 3.05) is 25.2 Å². The fourth-order valence-electron chi connectivity index (χ4n) is 3.34. The van der Waals surface area contributed by atoms with Gasteiger partial charge in [-0.25, -0.2) is 13.2 Å². The first kappa shape index (κ1) is 20.1. The van der Waals surface area contributed by atoms with Crippen molar-refractivity contribution in [3.8, 4) is 5.75 Å². The van der Waals surface area contributed by atoms with Crippen LogP contribution in [0.5, 0.6) is 5.75 Å². The molecule has 3 rings (SSSR count). The van der Waals surface area contributed by atoms with Crippen LogP contribution in [0, 0.1) is 0 Å². The average Bonchev–Trinajstić information content (AvgIpc) is 3.12. The maximum Gasteiger partial charge on any atom is 0.324 e. The van der Waals surface area contributed by atoms with Crippen LogP contribution in [-0.2, 0) is 25.8 Å². The summed E-state index contributed by atoms with van der Waals surface area (Å²) in [6, 6.07) is 5.43. The molecule has 9 nitrogen and oxygen atoms in total. The predicted molar refractivity (Wildman–Crippen MR) is 101 cm³/mol. The smallest absolute Gasteiger partial charge is 0.324 e. The fraction of sp³-hybridized carbons (Fsp3) is 0.500. The number of ether oxygens (including phenoxy) is 1. The predicted octanol–water partition coefficient (Wildman–Crippen LogP) is -0.148. The molecule has 4 amide bonds. The molecule has 1 aromatic rings. The molecule has 2 atom stereocenters. The van der Waals surface area contributed by atoms with E-state index in [9.17, 15) is 22.8 Å². The number of urea groups is 1. The van der Waals surface area contributed by atoms with E-state index in [4.69, 9.17) is 4.74 Å². The minimum absolute atomic E-state index is 0.0518. The number of nitrogens with one attached hydrogen (secondary N) is 2. The number of benzene rings is 1. The number of sulfone groups is 1. The van der Waals surface area contributed by atoms with Crippen molar-refractivity contribution in [2.45, 2.75) is 31.3 Å². The number of hydrogen-bond acceptors (Lipinski definition) is 6. The van der Waals surface area contributed by atoms with Crippen molar-refractivity contribution < 1.29 is 27.5 Å². The van der Waals surface area contributed by atoms with E-state index in [0.29, 0.717) is 12.8 Å². The summed E-state index contributed by atoms with van der Waals surface area (Å²) in [4.78, 5) is 37.8. The Hall–Kier alpha value is -2.62. The van der Waals surface area contributed by atoms with E-state index in [1.807, 2.05) is 12.1 Å². The number of rotatable bonds is 7. The van der Waals surface area contributed by atoms with Crippen molar-refractivity contribution >= 4 is 27.7 Å². The van der Waals surface area contributed by atoms with Gasteiger partial charge in [-0.05, 0) is 30.5 Å². The second-order valence-corrected chi connectivity index (χ2v) is 9.19. The van der Waals surface area contributed by atoms with E-state index >= 15 is 0 Å². The van der Waals surface area contributed by atoms with Crippen LogP contribution in [-0.4, -0.2) is 68.4 Å². The summed E-state index contributed by atoms with van der Waals surface area (Å²) in [6.45, 7) is 0.204. The van der Waals surface area contributed by atoms with Gasteiger partial charge in [-0.3, -0.25) is 14.5 Å². The molecule has 2 N–H and O–H groups in total. The lowest BCUT2D eigenvalue weighted by Gasteiger charge is -2.14. The largest absolute Gasteiger partial charge is 0.497 e. The van der Waals surface area contributed by atoms with Crippen molar-refractivity contribution in [1.29, 1.82) is 0 Å². The summed E-state index contributed by atoms with van der Waals surface area (Å²) in [5.74, 6) is -0.209. The molecular weight excluding hydrogens is 386 g/mol. The van der Waals surface area contributed by atoms with Crippen LogP contribution in [0.3, 0.4) is 0 Å². The highest BCUT2D eigenvalue weighted by Crippen LogP contribution is 2.15. The number of nitrogens with zero attached hydrogens (tertiary/aromatic N) is 1. The SMILES string of the molecule is COc1ccc(CCN2C(=O)NC(CC(=O)NC3CCS(=O)(=O)C3)C2=O)cc1. The Morgan fingerprint density at radius 1 is 1.29 bits per heavy atom. The van der Waals surface area contributed by atoms with Crippen LogP contribution < -0.4 is 15.4 Å². The molecule has 0 radical (unpaired) electrons. The number of carbonyl (C=O) groups is 3. The molecule has 2 aliphatic rings. The number of imide groups is 1. The summed E-state index contributed by atoms with van der Waals surface area (Å²) in [5.41, 5.74) is 0.949. The molecule has 10 heteroatoms. The summed E-state index contributed by atoms with van der Waals surface area (Å²) in [6.07, 6.45) is 0.648. The molecule has 0 bridgehead atoms. The lowest BCUT2D eigenvalue weighted by Crippen LogP contribution is -2.41. The molecule has 2 unspecified atom stereocenters. The standard InChI is InChI=1S/C18H23N3O6S/c1-27-14-4-2-12(3-5-14)6-8-21-17(23)15(20-18(21)24)10-16(22)19-13-7-9-28(25,26)11-13/h2-5,13,15H,6-11H2,1H3,(H,19,22)(H,20,24). The molecule has 0 saturated carbocycles. The Morgan fingerprint density at radius 3 is 2.61 bits per heavy atom. The number of carbonyl (C=O) groups excluding carboxylic acids is 3. The molecule has 0 aliphatic carbocycles. The molecule has 152 valence electrons. The molecule has 0 aromatic heterocycles. The summed E-state index contributed by atoms with van der Waals surface area (Å²) in [7, 11) is -1.53. The average molecular weight is 409 g/mol. The van der Waals surface area contributed by atoms with Crippen molar-refractivity contribution in [3.05, 3.63) is 29.8 Å². The van der Waals surface area contributed by atoms with Crippen molar-refractivity contribution in [2.24, 2.45) is 0 Å². The van der Waals surface area contributed by atoms with Crippen LogP contribution >= 0.6 is 0 Å². The highest BCUT2D eigenvalue weighted by Gasteiger charge is 2.39. The van der Waals surface area contributed by atoms with Gasteiger partial charge in [0.25, 0.3) is 5.91 Å². The molecule has 2 aliphatic heterocycles. The molecule has 2 saturated heterocycles. The van der Waals surface area contributed by atoms with Crippen molar-refractivity contribution in [1.82, 2.24) is 15.5 Å². The van der Waals surface area contributed by atoms with E-state index in [1.165, 1.54) is 0 Å². The zero-order valence-corrected chi connectivity index (χ0v) is 16.3. The maximum absolute atomic E-state index is 12.5. The van der Waals surface area contributed by atoms with Gasteiger partial charge in [-0.2, -0.15) is 0 Å². The highest BCUT2D eigenvalue weighted by molar-refractivity contribution is 7.91. The van der Waals surface area contributed by atoms with Crippen LogP contribution in [0.15, 0.2) is 24.3 Å². The van der Waals surface area contributed by atoms with Gasteiger partial charge >= 0.3 is 6.03 Å². The van der Waals surface area contributed by atoms with Gasteiger partial charge in [0.15, 0.2) is 9.84 Å². The molecule has 2 fully saturated rings. The second kappa shape index (κ2) is 8.17. The zero-order chi connectivity index (χ0) is 20.3. The Labute approximate surface area is 163 Å². The summed E-state index contributed by atoms with van der Waals surface area (Å²) >= 11 is 0. The minimum Gasteiger partial charge on any atom is -0.497 e. The maximum atomic E-state index is 12.5. The van der Waals surface area contributed by atoms with E-state index in [1.54, 1.807) is 19.2 Å². The van der Waals surface area contributed by atoms with Gasteiger partial charge in [0.2, 0.25) is 5.91 Å². The van der Waals surface area contributed by atoms with Gasteiger partial charge in [0.1, 0.15) is 11.8 Å². The molecule has 0 spiro atoms. The molecule has 2 heterocycles. The van der Waals surface area contributed by atoms with Crippen LogP contribution in [0.2, 0.25) is 0 Å². The van der Waals surface area contributed by atoms with Gasteiger partial charge in [-0.1, -0.05) is 12.1 Å². The van der Waals surface area contributed by atoms with E-state index in [-0.39, 0.29) is 24.5 Å². The number of hydrogen-bond donors (Lipinski definition) is 2. The third-order valence-corrected chi connectivity index (χ3v) is 6.65. The topological polar surface area (TPSA) is 122 Å². The lowest BCUT2D eigenvalue weighted by molar-refractivity contribution is -0.131. The number of amides is 4. The Kier molecular flexibility index (Phi) is 5.87. The van der Waals surface area contributed by atoms with Crippen LogP contribution in [0.25, 0.3) is 0 Å². The first-order chi connectivity index (χ1) is 13.3. The van der Waals surface area contributed by atoms with Gasteiger partial charge in [0.05, 0.1) is 25.0 Å². The highest BCUT2D eigenvalue weighted by atomic mass is 32.2. The minimum atomic E-state index is -3.10. The fourth-order valence-corrected chi connectivity index (χ4v) is 5.01. The van der Waals surface area contributed by atoms with E-state index in [0.717, 1.165) is 16.2 Å². The van der Waals surface area contributed by atoms with Gasteiger partial charge in [0, 0.05) is 12.6 Å². The second-order valence-electron chi connectivity index (χ2n) is 6.96. The monoisotopic (exact) mass is 409 g/mol. The Bertz CT molecular complexity index is 868.